The van der Waals surface area contributed by atoms with Crippen LogP contribution in [0.3, 0.4) is 0 Å². The molecule has 22 heavy (non-hydrogen) atoms. The lowest BCUT2D eigenvalue weighted by molar-refractivity contribution is 0.126. The van der Waals surface area contributed by atoms with Gasteiger partial charge in [0.2, 0.25) is 5.89 Å². The summed E-state index contributed by atoms with van der Waals surface area (Å²) < 4.78 is 5.79. The van der Waals surface area contributed by atoms with Crippen LogP contribution in [0.4, 0.5) is 4.79 Å². The van der Waals surface area contributed by atoms with E-state index < -0.39 is 0 Å². The second kappa shape index (κ2) is 5.61. The van der Waals surface area contributed by atoms with Gasteiger partial charge >= 0.3 is 6.03 Å². The summed E-state index contributed by atoms with van der Waals surface area (Å²) in [6, 6.07) is 8.33. The van der Waals surface area contributed by atoms with Crippen LogP contribution in [0.2, 0.25) is 0 Å². The number of nitrogens with one attached hydrogen (secondary N) is 1. The van der Waals surface area contributed by atoms with Crippen molar-refractivity contribution in [3.05, 3.63) is 30.2 Å². The first kappa shape index (κ1) is 13.6. The fourth-order valence-electron chi connectivity index (χ4n) is 3.40. The number of benzene rings is 1. The van der Waals surface area contributed by atoms with Crippen LogP contribution >= 0.6 is 0 Å². The first-order valence-electron chi connectivity index (χ1n) is 7.91. The summed E-state index contributed by atoms with van der Waals surface area (Å²) in [5.74, 6) is 0.776. The van der Waals surface area contributed by atoms with E-state index in [1.54, 1.807) is 0 Å². The summed E-state index contributed by atoms with van der Waals surface area (Å²) in [6.45, 7) is 4.32. The topological polar surface area (TPSA) is 61.6 Å². The molecule has 1 aromatic heterocycles. The van der Waals surface area contributed by atoms with Gasteiger partial charge in [-0.05, 0) is 25.0 Å². The highest BCUT2D eigenvalue weighted by Crippen LogP contribution is 2.21. The van der Waals surface area contributed by atoms with Crippen molar-refractivity contribution in [1.82, 2.24) is 20.1 Å². The molecule has 0 bridgehead atoms. The highest BCUT2D eigenvalue weighted by molar-refractivity contribution is 5.76. The molecule has 3 heterocycles. The number of carbonyl (C=O) groups is 1. The Kier molecular flexibility index (Phi) is 3.46. The van der Waals surface area contributed by atoms with Crippen molar-refractivity contribution in [3.8, 4) is 0 Å². The third-order valence-corrected chi connectivity index (χ3v) is 4.58. The third-order valence-electron chi connectivity index (χ3n) is 4.58. The van der Waals surface area contributed by atoms with Gasteiger partial charge in [0.15, 0.2) is 5.58 Å². The van der Waals surface area contributed by atoms with Crippen molar-refractivity contribution >= 4 is 17.1 Å². The summed E-state index contributed by atoms with van der Waals surface area (Å²) in [7, 11) is 0. The van der Waals surface area contributed by atoms with Crippen LogP contribution in [0.1, 0.15) is 18.7 Å². The second-order valence-corrected chi connectivity index (χ2v) is 6.01. The third kappa shape index (κ3) is 2.54. The first-order chi connectivity index (χ1) is 10.8. The Morgan fingerprint density at radius 2 is 2.05 bits per heavy atom. The van der Waals surface area contributed by atoms with Gasteiger partial charge in [0.25, 0.3) is 0 Å². The lowest BCUT2D eigenvalue weighted by Crippen LogP contribution is -2.45. The molecule has 0 atom stereocenters. The van der Waals surface area contributed by atoms with E-state index in [-0.39, 0.29) is 6.03 Å². The maximum Gasteiger partial charge on any atom is 0.317 e. The molecule has 2 aliphatic heterocycles. The number of piperidine rings is 1. The quantitative estimate of drug-likeness (QED) is 0.939. The maximum atomic E-state index is 11.7. The van der Waals surface area contributed by atoms with Crippen molar-refractivity contribution in [2.24, 2.45) is 0 Å². The molecule has 2 aromatic rings. The van der Waals surface area contributed by atoms with E-state index in [2.05, 4.69) is 15.2 Å². The zero-order valence-corrected chi connectivity index (χ0v) is 12.5. The Bertz CT molecular complexity index is 643. The normalized spacial score (nSPS) is 20.7. The maximum absolute atomic E-state index is 11.7. The molecule has 0 radical (unpaired) electrons. The van der Waals surface area contributed by atoms with Crippen molar-refractivity contribution in [2.75, 3.05) is 26.2 Å². The Balaban J connectivity index is 1.36. The molecule has 2 amide bonds. The van der Waals surface area contributed by atoms with Gasteiger partial charge in [-0.2, -0.15) is 0 Å². The van der Waals surface area contributed by atoms with Crippen LogP contribution < -0.4 is 5.32 Å². The van der Waals surface area contributed by atoms with Crippen LogP contribution in [0.15, 0.2) is 28.7 Å². The number of urea groups is 1. The summed E-state index contributed by atoms with van der Waals surface area (Å²) in [6.07, 6.45) is 2.04. The van der Waals surface area contributed by atoms with Crippen LogP contribution in [0, 0.1) is 0 Å². The average Bonchev–Trinajstić information content (AvgIpc) is 3.13. The Hall–Kier alpha value is -2.08. The lowest BCUT2D eigenvalue weighted by atomic mass is 10.0. The lowest BCUT2D eigenvalue weighted by Gasteiger charge is -2.35. The Morgan fingerprint density at radius 3 is 2.77 bits per heavy atom. The minimum absolute atomic E-state index is 0.0948. The smallest absolute Gasteiger partial charge is 0.317 e. The van der Waals surface area contributed by atoms with Crippen LogP contribution in [-0.2, 0) is 6.54 Å². The van der Waals surface area contributed by atoms with E-state index in [0.717, 1.165) is 62.6 Å². The molecule has 1 N–H and O–H groups in total. The molecule has 6 heteroatoms. The molecule has 2 saturated heterocycles. The predicted octanol–water partition coefficient (Wildman–Crippen LogP) is 1.82. The number of fused-ring (bicyclic) bond motifs is 1. The number of likely N-dealkylation sites (tertiary alicyclic amines) is 1. The van der Waals surface area contributed by atoms with E-state index in [1.165, 1.54) is 0 Å². The standard InChI is InChI=1S/C16H20N4O2/c21-16-17-7-10-20(16)12-5-8-19(9-6-12)11-15-18-13-3-1-2-4-14(13)22-15/h1-4,12H,5-11H2,(H,17,21). The monoisotopic (exact) mass is 300 g/mol. The molecule has 2 aliphatic rings. The number of hydrogen-bond acceptors (Lipinski definition) is 4. The molecule has 1 aromatic carbocycles. The molecule has 4 rings (SSSR count). The van der Waals surface area contributed by atoms with Gasteiger partial charge in [0, 0.05) is 32.2 Å². The zero-order chi connectivity index (χ0) is 14.9. The molecular formula is C16H20N4O2. The number of hydrogen-bond donors (Lipinski definition) is 1. The van der Waals surface area contributed by atoms with Crippen LogP contribution in [0.25, 0.3) is 11.1 Å². The molecule has 116 valence electrons. The second-order valence-electron chi connectivity index (χ2n) is 6.01. The van der Waals surface area contributed by atoms with Crippen LogP contribution in [-0.4, -0.2) is 53.0 Å². The van der Waals surface area contributed by atoms with Crippen molar-refractivity contribution in [3.63, 3.8) is 0 Å². The molecule has 0 spiro atoms. The molecule has 0 saturated carbocycles. The van der Waals surface area contributed by atoms with Gasteiger partial charge in [-0.3, -0.25) is 4.90 Å². The number of rotatable bonds is 3. The number of nitrogens with zero attached hydrogens (tertiary/aromatic N) is 3. The Labute approximate surface area is 129 Å². The van der Waals surface area contributed by atoms with E-state index in [0.29, 0.717) is 6.04 Å². The SMILES string of the molecule is O=C1NCCN1C1CCN(Cc2nc3ccccc3o2)CC1. The van der Waals surface area contributed by atoms with E-state index in [4.69, 9.17) is 4.42 Å². The molecular weight excluding hydrogens is 280 g/mol. The van der Waals surface area contributed by atoms with Gasteiger partial charge in [-0.15, -0.1) is 0 Å². The molecule has 0 unspecified atom stereocenters. The minimum Gasteiger partial charge on any atom is -0.439 e. The highest BCUT2D eigenvalue weighted by atomic mass is 16.3. The summed E-state index contributed by atoms with van der Waals surface area (Å²) in [5, 5.41) is 2.88. The average molecular weight is 300 g/mol. The van der Waals surface area contributed by atoms with Gasteiger partial charge in [0.1, 0.15) is 5.52 Å². The Morgan fingerprint density at radius 1 is 1.23 bits per heavy atom. The number of carbonyl (C=O) groups excluding carboxylic acids is 1. The summed E-state index contributed by atoms with van der Waals surface area (Å²) in [5.41, 5.74) is 1.77. The number of amides is 2. The minimum atomic E-state index is 0.0948. The van der Waals surface area contributed by atoms with Crippen molar-refractivity contribution in [1.29, 1.82) is 0 Å². The van der Waals surface area contributed by atoms with Gasteiger partial charge in [-0.1, -0.05) is 12.1 Å². The van der Waals surface area contributed by atoms with Crippen molar-refractivity contribution < 1.29 is 9.21 Å². The summed E-state index contributed by atoms with van der Waals surface area (Å²) in [4.78, 5) is 20.6. The molecule has 2 fully saturated rings. The largest absolute Gasteiger partial charge is 0.439 e. The number of oxazole rings is 1. The zero-order valence-electron chi connectivity index (χ0n) is 12.5. The molecule has 0 aliphatic carbocycles. The summed E-state index contributed by atoms with van der Waals surface area (Å²) >= 11 is 0. The van der Waals surface area contributed by atoms with E-state index in [9.17, 15) is 4.79 Å². The van der Waals surface area contributed by atoms with E-state index in [1.807, 2.05) is 29.2 Å². The number of para-hydroxylation sites is 2. The fraction of sp³-hybridized carbons (Fsp3) is 0.500. The molecule has 6 nitrogen and oxygen atoms in total. The predicted molar refractivity (Wildman–Crippen MR) is 82.4 cm³/mol. The fourth-order valence-corrected chi connectivity index (χ4v) is 3.40. The highest BCUT2D eigenvalue weighted by Gasteiger charge is 2.30. The van der Waals surface area contributed by atoms with Gasteiger partial charge in [-0.25, -0.2) is 9.78 Å². The van der Waals surface area contributed by atoms with E-state index >= 15 is 0 Å². The first-order valence-corrected chi connectivity index (χ1v) is 7.91. The van der Waals surface area contributed by atoms with Crippen molar-refractivity contribution in [2.45, 2.75) is 25.4 Å². The number of aromatic nitrogens is 1. The van der Waals surface area contributed by atoms with Gasteiger partial charge < -0.3 is 14.6 Å². The van der Waals surface area contributed by atoms with Gasteiger partial charge in [0.05, 0.1) is 6.54 Å². The van der Waals surface area contributed by atoms with Crippen LogP contribution in [0.5, 0.6) is 0 Å².